The molecule has 0 saturated carbocycles. The maximum absolute atomic E-state index is 11.9. The molecule has 0 aromatic heterocycles. The van der Waals surface area contributed by atoms with E-state index in [1.165, 1.54) is 6.92 Å². The Morgan fingerprint density at radius 1 is 0.842 bits per heavy atom. The highest BCUT2D eigenvalue weighted by atomic mass is 16.6. The largest absolute Gasteiger partial charge is 0.481 e. The second-order valence-corrected chi connectivity index (χ2v) is 9.78. The fraction of sp³-hybridized carbons (Fsp3) is 0.905. The molecule has 0 aromatic rings. The van der Waals surface area contributed by atoms with Crippen LogP contribution < -0.4 is 0 Å². The van der Waals surface area contributed by atoms with Crippen LogP contribution in [0.2, 0.25) is 0 Å². The van der Waals surface area contributed by atoms with Gasteiger partial charge >= 0.3 is 11.9 Å². The highest BCUT2D eigenvalue weighted by Crippen LogP contribution is 2.46. The molecule has 17 heteroatoms. The quantitative estimate of drug-likeness (QED) is 0.102. The number of ether oxygens (including phenoxy) is 4. The summed E-state index contributed by atoms with van der Waals surface area (Å²) in [6.07, 6.45) is -24.4. The Hall–Kier alpha value is -1.58. The summed E-state index contributed by atoms with van der Waals surface area (Å²) in [5.74, 6) is -2.78. The Kier molecular flexibility index (Phi) is 9.36. The Morgan fingerprint density at radius 2 is 1.42 bits per heavy atom. The van der Waals surface area contributed by atoms with Gasteiger partial charge in [-0.3, -0.25) is 9.59 Å². The third kappa shape index (κ3) is 5.15. The molecule has 14 atom stereocenters. The van der Waals surface area contributed by atoms with E-state index in [2.05, 4.69) is 0 Å². The van der Waals surface area contributed by atoms with Crippen molar-refractivity contribution in [3.8, 4) is 0 Å². The van der Waals surface area contributed by atoms with Gasteiger partial charge in [0.05, 0.1) is 19.3 Å². The van der Waals surface area contributed by atoms with Crippen LogP contribution in [0.25, 0.3) is 0 Å². The lowest BCUT2D eigenvalue weighted by Gasteiger charge is -2.60. The lowest BCUT2D eigenvalue weighted by Crippen LogP contribution is -2.84. The third-order valence-corrected chi connectivity index (χ3v) is 7.37. The summed E-state index contributed by atoms with van der Waals surface area (Å²) in [5.41, 5.74) is -6.18. The maximum atomic E-state index is 11.9. The molecule has 0 aromatic carbocycles. The van der Waals surface area contributed by atoms with Crippen molar-refractivity contribution in [1.82, 2.24) is 0 Å². The van der Waals surface area contributed by atoms with Gasteiger partial charge in [0.15, 0.2) is 11.2 Å². The number of carbonyl (C=O) groups is 2. The van der Waals surface area contributed by atoms with Gasteiger partial charge in [0.25, 0.3) is 0 Å². The predicted molar refractivity (Wildman–Crippen MR) is 115 cm³/mol. The van der Waals surface area contributed by atoms with Crippen molar-refractivity contribution in [3.05, 3.63) is 0 Å². The van der Waals surface area contributed by atoms with Gasteiger partial charge in [0.2, 0.25) is 0 Å². The summed E-state index contributed by atoms with van der Waals surface area (Å²) >= 11 is 0. The molecule has 3 aliphatic rings. The van der Waals surface area contributed by atoms with Crippen LogP contribution in [0.15, 0.2) is 0 Å². The molecule has 0 bridgehead atoms. The van der Waals surface area contributed by atoms with E-state index >= 15 is 0 Å². The monoisotopic (exact) mass is 558 g/mol. The Bertz CT molecular complexity index is 858. The number of aliphatic carboxylic acids is 1. The minimum Gasteiger partial charge on any atom is -0.481 e. The summed E-state index contributed by atoms with van der Waals surface area (Å²) in [5, 5.41) is 115. The number of esters is 1. The van der Waals surface area contributed by atoms with Crippen LogP contribution in [-0.2, 0) is 28.5 Å². The number of hydrogen-bond donors (Lipinski definition) is 11. The van der Waals surface area contributed by atoms with Gasteiger partial charge in [-0.05, 0) is 6.92 Å². The summed E-state index contributed by atoms with van der Waals surface area (Å²) < 4.78 is 20.9. The minimum atomic E-state index is -3.20. The zero-order valence-corrected chi connectivity index (χ0v) is 20.1. The zero-order chi connectivity index (χ0) is 28.7. The first-order valence-corrected chi connectivity index (χ1v) is 11.7. The average molecular weight is 558 g/mol. The van der Waals surface area contributed by atoms with Gasteiger partial charge in [0.1, 0.15) is 80.2 Å². The van der Waals surface area contributed by atoms with Crippen LogP contribution >= 0.6 is 0 Å². The average Bonchev–Trinajstić information content (AvgIpc) is 2.86. The molecule has 0 amide bonds. The van der Waals surface area contributed by atoms with Crippen molar-refractivity contribution in [2.75, 3.05) is 19.8 Å². The summed E-state index contributed by atoms with van der Waals surface area (Å²) in [7, 11) is 0. The van der Waals surface area contributed by atoms with Crippen molar-refractivity contribution < 1.29 is 84.7 Å². The van der Waals surface area contributed by atoms with E-state index in [0.29, 0.717) is 0 Å². The lowest BCUT2D eigenvalue weighted by molar-refractivity contribution is -0.390. The molecule has 0 aliphatic carbocycles. The molecule has 11 N–H and O–H groups in total. The SMILES string of the molecule is C[C@H]1OC([C@]2(O)CO[C@H](CO)[C@@H](O)[C@@]2(O)C2O[C@@H](COC(=O)CC(=O)O)[C@H](O)[C@@H](O)[C@@H]2O)[C@H](O)[C@@H](O)[C@@H]1O. The number of aliphatic hydroxyl groups excluding tert-OH is 8. The molecule has 3 rings (SSSR count). The zero-order valence-electron chi connectivity index (χ0n) is 20.1. The number of carboxylic acids is 1. The Morgan fingerprint density at radius 3 is 2.00 bits per heavy atom. The highest BCUT2D eigenvalue weighted by molar-refractivity contribution is 5.90. The summed E-state index contributed by atoms with van der Waals surface area (Å²) in [6.45, 7) is -1.58. The van der Waals surface area contributed by atoms with Gasteiger partial charge in [-0.1, -0.05) is 0 Å². The molecular formula is C21H34O17. The third-order valence-electron chi connectivity index (χ3n) is 7.37. The number of rotatable bonds is 7. The van der Waals surface area contributed by atoms with Crippen LogP contribution in [-0.4, -0.2) is 172 Å². The van der Waals surface area contributed by atoms with Crippen LogP contribution in [0.1, 0.15) is 13.3 Å². The van der Waals surface area contributed by atoms with Crippen molar-refractivity contribution >= 4 is 11.9 Å². The van der Waals surface area contributed by atoms with Gasteiger partial charge in [-0.2, -0.15) is 0 Å². The van der Waals surface area contributed by atoms with Crippen molar-refractivity contribution in [1.29, 1.82) is 0 Å². The van der Waals surface area contributed by atoms with Crippen LogP contribution in [0.5, 0.6) is 0 Å². The molecule has 3 fully saturated rings. The molecular weight excluding hydrogens is 524 g/mol. The smallest absolute Gasteiger partial charge is 0.317 e. The highest BCUT2D eigenvalue weighted by Gasteiger charge is 2.72. The second-order valence-electron chi connectivity index (χ2n) is 9.78. The molecule has 0 radical (unpaired) electrons. The van der Waals surface area contributed by atoms with Crippen molar-refractivity contribution in [2.45, 2.75) is 97.8 Å². The first-order chi connectivity index (χ1) is 17.6. The molecule has 3 heterocycles. The van der Waals surface area contributed by atoms with E-state index in [9.17, 15) is 60.7 Å². The summed E-state index contributed by atoms with van der Waals surface area (Å²) in [6, 6.07) is 0. The number of carbonyl (C=O) groups excluding carboxylic acids is 1. The standard InChI is InChI=1S/C21H34O17/c1-6-11(26)13(28)15(30)18(37-6)20(33)5-36-7(3-22)17(32)21(20,34)19-16(31)14(29)12(27)8(38-19)4-35-10(25)2-9(23)24/h6-8,11-19,22,26-34H,2-5H2,1H3,(H,23,24)/t6-,7-,8+,11-,12+,13+,14-,15-,16+,17-,18?,19?,20-,21-/m1/s1. The molecule has 2 unspecified atom stereocenters. The van der Waals surface area contributed by atoms with Gasteiger partial charge < -0.3 is 75.1 Å². The van der Waals surface area contributed by atoms with E-state index in [1.54, 1.807) is 0 Å². The van der Waals surface area contributed by atoms with Gasteiger partial charge in [0, 0.05) is 0 Å². The molecule has 220 valence electrons. The summed E-state index contributed by atoms with van der Waals surface area (Å²) in [4.78, 5) is 22.3. The molecule has 38 heavy (non-hydrogen) atoms. The first-order valence-electron chi connectivity index (χ1n) is 11.7. The van der Waals surface area contributed by atoms with E-state index in [1.807, 2.05) is 0 Å². The minimum absolute atomic E-state index is 0.900. The second kappa shape index (κ2) is 11.5. The van der Waals surface area contributed by atoms with Crippen LogP contribution in [0.3, 0.4) is 0 Å². The van der Waals surface area contributed by atoms with E-state index in [4.69, 9.17) is 24.1 Å². The normalized spacial score (nSPS) is 49.9. The van der Waals surface area contributed by atoms with E-state index in [0.717, 1.165) is 0 Å². The van der Waals surface area contributed by atoms with Gasteiger partial charge in [-0.25, -0.2) is 0 Å². The fourth-order valence-electron chi connectivity index (χ4n) is 5.11. The number of aliphatic hydroxyl groups is 10. The maximum Gasteiger partial charge on any atom is 0.317 e. The molecule has 17 nitrogen and oxygen atoms in total. The van der Waals surface area contributed by atoms with Crippen LogP contribution in [0, 0.1) is 0 Å². The first kappa shape index (κ1) is 31.0. The topological polar surface area (TPSA) is 294 Å². The van der Waals surface area contributed by atoms with Crippen LogP contribution in [0.4, 0.5) is 0 Å². The molecule has 0 spiro atoms. The predicted octanol–water partition coefficient (Wildman–Crippen LogP) is -7.06. The lowest BCUT2D eigenvalue weighted by atomic mass is 9.64. The molecule has 3 aliphatic heterocycles. The van der Waals surface area contributed by atoms with E-state index in [-0.39, 0.29) is 0 Å². The number of hydrogen-bond acceptors (Lipinski definition) is 16. The van der Waals surface area contributed by atoms with Crippen molar-refractivity contribution in [3.63, 3.8) is 0 Å². The number of carboxylic acid groups (broad SMARTS) is 1. The van der Waals surface area contributed by atoms with Crippen molar-refractivity contribution in [2.24, 2.45) is 0 Å². The molecule has 3 saturated heterocycles. The van der Waals surface area contributed by atoms with Gasteiger partial charge in [-0.15, -0.1) is 0 Å². The fourth-order valence-corrected chi connectivity index (χ4v) is 5.11. The van der Waals surface area contributed by atoms with E-state index < -0.39 is 123 Å². The Labute approximate surface area is 215 Å². The Balaban J connectivity index is 2.01.